The molecule has 0 saturated carbocycles. The Morgan fingerprint density at radius 2 is 2.05 bits per heavy atom. The summed E-state index contributed by atoms with van der Waals surface area (Å²) in [4.78, 5) is 11.9. The number of unbranched alkanes of at least 4 members (excludes halogenated alkanes) is 1. The summed E-state index contributed by atoms with van der Waals surface area (Å²) >= 11 is 0. The van der Waals surface area contributed by atoms with Gasteiger partial charge in [0, 0.05) is 12.2 Å². The van der Waals surface area contributed by atoms with Crippen LogP contribution in [0.15, 0.2) is 12.1 Å². The number of aryl methyl sites for hydroxylation is 1. The van der Waals surface area contributed by atoms with Crippen LogP contribution in [0.3, 0.4) is 0 Å². The molecule has 0 fully saturated rings. The predicted molar refractivity (Wildman–Crippen MR) is 74.0 cm³/mol. The van der Waals surface area contributed by atoms with Crippen molar-refractivity contribution >= 4 is 22.5 Å². The molecule has 0 aliphatic heterocycles. The van der Waals surface area contributed by atoms with Gasteiger partial charge in [-0.05, 0) is 31.0 Å². The quantitative estimate of drug-likeness (QED) is 0.358. The average Bonchev–Trinajstić information content (AvgIpc) is 2.33. The number of carbonyl (C=O) groups is 1. The van der Waals surface area contributed by atoms with Crippen molar-refractivity contribution in [1.82, 2.24) is 5.32 Å². The number of thiol groups is 1. The van der Waals surface area contributed by atoms with Crippen molar-refractivity contribution in [2.75, 3.05) is 11.3 Å². The Morgan fingerprint density at radius 1 is 1.37 bits per heavy atom. The number of nitrogens with one attached hydrogen (secondary N) is 2. The van der Waals surface area contributed by atoms with Gasteiger partial charge in [-0.1, -0.05) is 13.3 Å². The lowest BCUT2D eigenvalue weighted by Crippen LogP contribution is -2.24. The van der Waals surface area contributed by atoms with Crippen LogP contribution >= 0.6 is 0 Å². The largest absolute Gasteiger partial charge is 0.507 e. The summed E-state index contributed by atoms with van der Waals surface area (Å²) in [6, 6.07) is 2.78. The maximum atomic E-state index is 11.9. The van der Waals surface area contributed by atoms with Crippen LogP contribution in [0.5, 0.6) is 5.75 Å². The third-order valence-electron chi connectivity index (χ3n) is 2.58. The second-order valence-electron chi connectivity index (χ2n) is 4.17. The van der Waals surface area contributed by atoms with Gasteiger partial charge in [0.15, 0.2) is 0 Å². The number of hydrogen-bond donors (Lipinski definition) is 4. The first kappa shape index (κ1) is 15.3. The van der Waals surface area contributed by atoms with Crippen LogP contribution in [0.4, 0.5) is 5.69 Å². The Labute approximate surface area is 113 Å². The number of benzene rings is 1. The molecule has 1 aromatic carbocycles. The normalized spacial score (nSPS) is 10.5. The molecule has 0 aliphatic carbocycles. The Balaban J connectivity index is 2.98. The molecule has 0 atom stereocenters. The van der Waals surface area contributed by atoms with Crippen LogP contribution in [-0.4, -0.2) is 26.0 Å². The number of anilines is 1. The molecule has 0 unspecified atom stereocenters. The molecule has 1 amide bonds. The van der Waals surface area contributed by atoms with Gasteiger partial charge in [0.2, 0.25) is 10.9 Å². The second kappa shape index (κ2) is 6.98. The lowest BCUT2D eigenvalue weighted by molar-refractivity contribution is 0.0950. The van der Waals surface area contributed by atoms with Crippen LogP contribution in [0.2, 0.25) is 0 Å². The Morgan fingerprint density at radius 3 is 2.63 bits per heavy atom. The minimum atomic E-state index is -2.81. The smallest absolute Gasteiger partial charge is 0.255 e. The predicted octanol–water partition coefficient (Wildman–Crippen LogP) is 1.17. The third kappa shape index (κ3) is 4.44. The van der Waals surface area contributed by atoms with E-state index < -0.39 is 16.8 Å². The lowest BCUT2D eigenvalue weighted by Gasteiger charge is -2.10. The van der Waals surface area contributed by atoms with Crippen molar-refractivity contribution in [2.24, 2.45) is 0 Å². The zero-order valence-electron chi connectivity index (χ0n) is 10.9. The van der Waals surface area contributed by atoms with Crippen molar-refractivity contribution in [3.63, 3.8) is 0 Å². The first-order valence-electron chi connectivity index (χ1n) is 5.98. The van der Waals surface area contributed by atoms with Crippen molar-refractivity contribution in [2.45, 2.75) is 26.7 Å². The molecule has 1 rings (SSSR count). The standard InChI is InChI=1S/C12H18N2O4S/c1-3-4-5-13-12(16)10-7-9(14-19(17)18)6-8(2)11(10)15/h6-7,15,19H,3-5H2,1-2H3,(H,13,16)(H,14,17,18). The van der Waals surface area contributed by atoms with Gasteiger partial charge in [0.05, 0.1) is 5.56 Å². The van der Waals surface area contributed by atoms with Crippen molar-refractivity contribution in [3.05, 3.63) is 23.3 Å². The molecular formula is C12H18N2O4S. The van der Waals surface area contributed by atoms with Crippen LogP contribution in [0.1, 0.15) is 35.7 Å². The maximum absolute atomic E-state index is 11.9. The van der Waals surface area contributed by atoms with E-state index in [0.717, 1.165) is 12.8 Å². The molecule has 19 heavy (non-hydrogen) atoms. The van der Waals surface area contributed by atoms with Crippen molar-refractivity contribution < 1.29 is 18.3 Å². The number of hydrogen-bond acceptors (Lipinski definition) is 4. The summed E-state index contributed by atoms with van der Waals surface area (Å²) < 4.78 is 23.4. The number of amides is 1. The Hall–Kier alpha value is -1.76. The highest BCUT2D eigenvalue weighted by Crippen LogP contribution is 2.26. The summed E-state index contributed by atoms with van der Waals surface area (Å²) in [5, 5.41) is 12.5. The minimum absolute atomic E-state index is 0.0652. The van der Waals surface area contributed by atoms with E-state index in [1.165, 1.54) is 12.1 Å². The zero-order chi connectivity index (χ0) is 14.4. The molecule has 0 radical (unpaired) electrons. The summed E-state index contributed by atoms with van der Waals surface area (Å²) in [6.07, 6.45) is 1.79. The lowest BCUT2D eigenvalue weighted by atomic mass is 10.1. The fourth-order valence-corrected chi connectivity index (χ4v) is 1.94. The van der Waals surface area contributed by atoms with Gasteiger partial charge < -0.3 is 10.4 Å². The molecular weight excluding hydrogens is 268 g/mol. The van der Waals surface area contributed by atoms with Crippen LogP contribution in [-0.2, 0) is 10.9 Å². The second-order valence-corrected chi connectivity index (χ2v) is 4.91. The molecule has 0 saturated heterocycles. The Bertz CT molecular complexity index is 533. The molecule has 0 aromatic heterocycles. The highest BCUT2D eigenvalue weighted by molar-refractivity contribution is 7.73. The summed E-state index contributed by atoms with van der Waals surface area (Å²) in [7, 11) is -2.81. The third-order valence-corrected chi connectivity index (χ3v) is 3.02. The highest BCUT2D eigenvalue weighted by atomic mass is 32.2. The van der Waals surface area contributed by atoms with Gasteiger partial charge in [-0.3, -0.25) is 9.52 Å². The van der Waals surface area contributed by atoms with E-state index in [2.05, 4.69) is 10.0 Å². The number of aromatic hydroxyl groups is 1. The summed E-state index contributed by atoms with van der Waals surface area (Å²) in [5.74, 6) is -0.556. The zero-order valence-corrected chi connectivity index (χ0v) is 11.8. The maximum Gasteiger partial charge on any atom is 0.255 e. The number of rotatable bonds is 6. The van der Waals surface area contributed by atoms with E-state index >= 15 is 0 Å². The molecule has 0 aliphatic rings. The SMILES string of the molecule is CCCCNC(=O)c1cc(N[SH](=O)=O)cc(C)c1O. The van der Waals surface area contributed by atoms with Gasteiger partial charge in [0.25, 0.3) is 5.91 Å². The van der Waals surface area contributed by atoms with Crippen molar-refractivity contribution in [1.29, 1.82) is 0 Å². The number of phenolic OH excluding ortho intramolecular Hbond substituents is 1. The van der Waals surface area contributed by atoms with Crippen LogP contribution < -0.4 is 10.0 Å². The fraction of sp³-hybridized carbons (Fsp3) is 0.417. The van der Waals surface area contributed by atoms with Gasteiger partial charge >= 0.3 is 0 Å². The van der Waals surface area contributed by atoms with Gasteiger partial charge in [-0.2, -0.15) is 0 Å². The molecule has 106 valence electrons. The molecule has 0 heterocycles. The van der Waals surface area contributed by atoms with E-state index in [0.29, 0.717) is 12.1 Å². The van der Waals surface area contributed by atoms with Crippen LogP contribution in [0.25, 0.3) is 0 Å². The number of phenols is 1. The molecule has 6 nitrogen and oxygen atoms in total. The van der Waals surface area contributed by atoms with E-state index in [-0.39, 0.29) is 17.0 Å². The van der Waals surface area contributed by atoms with E-state index in [9.17, 15) is 18.3 Å². The van der Waals surface area contributed by atoms with E-state index in [1.807, 2.05) is 6.92 Å². The van der Waals surface area contributed by atoms with Gasteiger partial charge in [0.1, 0.15) is 5.75 Å². The Kier molecular flexibility index (Phi) is 5.62. The van der Waals surface area contributed by atoms with E-state index in [1.54, 1.807) is 6.92 Å². The summed E-state index contributed by atoms with van der Waals surface area (Å²) in [6.45, 7) is 4.12. The van der Waals surface area contributed by atoms with Gasteiger partial charge in [-0.15, -0.1) is 0 Å². The molecule has 7 heteroatoms. The topological polar surface area (TPSA) is 95.5 Å². The van der Waals surface area contributed by atoms with Crippen molar-refractivity contribution in [3.8, 4) is 5.75 Å². The monoisotopic (exact) mass is 286 g/mol. The first-order valence-corrected chi connectivity index (χ1v) is 7.16. The molecule has 0 bridgehead atoms. The minimum Gasteiger partial charge on any atom is -0.507 e. The molecule has 3 N–H and O–H groups in total. The fourth-order valence-electron chi connectivity index (χ4n) is 1.60. The number of carbonyl (C=O) groups excluding carboxylic acids is 1. The van der Waals surface area contributed by atoms with Crippen LogP contribution in [0, 0.1) is 6.92 Å². The highest BCUT2D eigenvalue weighted by Gasteiger charge is 2.14. The van der Waals surface area contributed by atoms with Gasteiger partial charge in [-0.25, -0.2) is 8.42 Å². The first-order chi connectivity index (χ1) is 8.95. The van der Waals surface area contributed by atoms with E-state index in [4.69, 9.17) is 0 Å². The summed E-state index contributed by atoms with van der Waals surface area (Å²) in [5.41, 5.74) is 0.755. The average molecular weight is 286 g/mol. The molecule has 1 aromatic rings. The molecule has 0 spiro atoms.